The number of rotatable bonds is 3. The Balaban J connectivity index is 2.47. The molecule has 0 spiro atoms. The fourth-order valence-electron chi connectivity index (χ4n) is 0.957. The van der Waals surface area contributed by atoms with Gasteiger partial charge >= 0.3 is 0 Å². The summed E-state index contributed by atoms with van der Waals surface area (Å²) in [5, 5.41) is 2.68. The van der Waals surface area contributed by atoms with Crippen LogP contribution in [0.25, 0.3) is 0 Å². The lowest BCUT2D eigenvalue weighted by molar-refractivity contribution is -0.120. The first-order valence-corrected chi connectivity index (χ1v) is 4.35. The molecule has 0 radical (unpaired) electrons. The minimum absolute atomic E-state index is 0.0753. The first-order valence-electron chi connectivity index (χ1n) is 4.35. The molecular weight excluding hydrogens is 180 g/mol. The van der Waals surface area contributed by atoms with Gasteiger partial charge in [0.1, 0.15) is 5.82 Å². The Hall–Kier alpha value is -1.49. The Morgan fingerprint density at radius 3 is 3.14 bits per heavy atom. The molecule has 0 fully saturated rings. The predicted molar refractivity (Wildman–Crippen MR) is 56.6 cm³/mol. The number of hydrogen-bond acceptors (Lipinski definition) is 4. The second-order valence-corrected chi connectivity index (χ2v) is 3.16. The first kappa shape index (κ1) is 10.6. The summed E-state index contributed by atoms with van der Waals surface area (Å²) in [5.41, 5.74) is 0. The summed E-state index contributed by atoms with van der Waals surface area (Å²) in [7, 11) is 3.68. The van der Waals surface area contributed by atoms with E-state index in [4.69, 9.17) is 0 Å². The molecule has 0 aromatic carbocycles. The molecule has 0 bridgehead atoms. The number of allylic oxidation sites excluding steroid dienone is 1. The maximum Gasteiger partial charge on any atom is 0.239 e. The van der Waals surface area contributed by atoms with Crippen molar-refractivity contribution in [2.45, 2.75) is 0 Å². The Kier molecular flexibility index (Phi) is 4.00. The van der Waals surface area contributed by atoms with Crippen molar-refractivity contribution < 1.29 is 4.79 Å². The van der Waals surface area contributed by atoms with Crippen LogP contribution in [-0.2, 0) is 4.79 Å². The summed E-state index contributed by atoms with van der Waals surface area (Å²) >= 11 is 0. The Bertz CT molecular complexity index is 291. The van der Waals surface area contributed by atoms with Crippen LogP contribution < -0.4 is 5.32 Å². The topological polar surface area (TPSA) is 57.1 Å². The predicted octanol–water partition coefficient (Wildman–Crippen LogP) is -0.339. The van der Waals surface area contributed by atoms with Gasteiger partial charge in [0.25, 0.3) is 0 Å². The molecule has 1 rings (SSSR count). The largest absolute Gasteiger partial charge is 0.310 e. The van der Waals surface area contributed by atoms with Gasteiger partial charge in [-0.3, -0.25) is 9.79 Å². The van der Waals surface area contributed by atoms with E-state index in [2.05, 4.69) is 15.3 Å². The van der Waals surface area contributed by atoms with Crippen LogP contribution in [0.2, 0.25) is 0 Å². The van der Waals surface area contributed by atoms with E-state index < -0.39 is 0 Å². The Morgan fingerprint density at radius 1 is 1.64 bits per heavy atom. The molecule has 5 nitrogen and oxygen atoms in total. The van der Waals surface area contributed by atoms with Gasteiger partial charge in [0, 0.05) is 12.4 Å². The zero-order valence-corrected chi connectivity index (χ0v) is 8.40. The van der Waals surface area contributed by atoms with E-state index in [1.807, 2.05) is 14.1 Å². The molecule has 0 aliphatic carbocycles. The summed E-state index contributed by atoms with van der Waals surface area (Å²) in [6.07, 6.45) is 4.97. The van der Waals surface area contributed by atoms with Crippen LogP contribution in [0.15, 0.2) is 21.9 Å². The zero-order chi connectivity index (χ0) is 10.4. The van der Waals surface area contributed by atoms with Crippen molar-refractivity contribution in [1.29, 1.82) is 0 Å². The van der Waals surface area contributed by atoms with Crippen molar-refractivity contribution in [2.24, 2.45) is 9.98 Å². The number of carbonyl (C=O) groups is 1. The molecule has 0 saturated carbocycles. The van der Waals surface area contributed by atoms with Gasteiger partial charge < -0.3 is 10.2 Å². The van der Waals surface area contributed by atoms with Crippen LogP contribution in [-0.4, -0.2) is 50.4 Å². The number of carbonyl (C=O) groups excluding carboxylic acids is 1. The normalized spacial score (nSPS) is 15.2. The second kappa shape index (κ2) is 5.29. The number of amides is 1. The van der Waals surface area contributed by atoms with E-state index in [1.165, 1.54) is 0 Å². The van der Waals surface area contributed by atoms with Crippen LogP contribution in [0.5, 0.6) is 0 Å². The Morgan fingerprint density at radius 2 is 2.43 bits per heavy atom. The van der Waals surface area contributed by atoms with Crippen molar-refractivity contribution in [2.75, 3.05) is 27.2 Å². The van der Waals surface area contributed by atoms with Crippen molar-refractivity contribution in [1.82, 2.24) is 10.2 Å². The molecule has 1 aliphatic rings. The molecule has 1 heterocycles. The minimum atomic E-state index is -0.0753. The van der Waals surface area contributed by atoms with Gasteiger partial charge in [-0.15, -0.1) is 0 Å². The van der Waals surface area contributed by atoms with Gasteiger partial charge in [-0.25, -0.2) is 4.99 Å². The highest BCUT2D eigenvalue weighted by Gasteiger charge is 2.04. The fourth-order valence-corrected chi connectivity index (χ4v) is 0.957. The number of nitrogens with zero attached hydrogens (tertiary/aromatic N) is 3. The fraction of sp³-hybridized carbons (Fsp3) is 0.444. The second-order valence-electron chi connectivity index (χ2n) is 3.16. The maximum atomic E-state index is 11.3. The van der Waals surface area contributed by atoms with E-state index in [9.17, 15) is 4.79 Å². The summed E-state index contributed by atoms with van der Waals surface area (Å²) in [6, 6.07) is 0. The number of nitrogens with one attached hydrogen (secondary N) is 1. The molecule has 76 valence electrons. The zero-order valence-electron chi connectivity index (χ0n) is 8.40. The lowest BCUT2D eigenvalue weighted by Crippen LogP contribution is -2.32. The summed E-state index contributed by atoms with van der Waals surface area (Å²) in [4.78, 5) is 21.1. The van der Waals surface area contributed by atoms with E-state index in [0.29, 0.717) is 18.9 Å². The molecule has 14 heavy (non-hydrogen) atoms. The lowest BCUT2D eigenvalue weighted by atomic mass is 10.5. The minimum Gasteiger partial charge on any atom is -0.310 e. The summed E-state index contributed by atoms with van der Waals surface area (Å²) < 4.78 is 0. The molecule has 1 aliphatic heterocycles. The smallest absolute Gasteiger partial charge is 0.239 e. The third kappa shape index (κ3) is 3.95. The van der Waals surface area contributed by atoms with E-state index in [-0.39, 0.29) is 5.91 Å². The molecule has 5 heteroatoms. The van der Waals surface area contributed by atoms with Crippen LogP contribution >= 0.6 is 0 Å². The number of likely N-dealkylation sites (N-methyl/N-ethyl adjacent to an activating group) is 1. The van der Waals surface area contributed by atoms with Crippen LogP contribution in [0.4, 0.5) is 0 Å². The maximum absolute atomic E-state index is 11.3. The lowest BCUT2D eigenvalue weighted by Gasteiger charge is -2.09. The van der Waals surface area contributed by atoms with Crippen molar-refractivity contribution >= 4 is 18.3 Å². The van der Waals surface area contributed by atoms with E-state index >= 15 is 0 Å². The van der Waals surface area contributed by atoms with E-state index in [1.54, 1.807) is 23.4 Å². The van der Waals surface area contributed by atoms with Crippen LogP contribution in [0.3, 0.4) is 0 Å². The number of hydrogen-bond donors (Lipinski definition) is 1. The highest BCUT2D eigenvalue weighted by Crippen LogP contribution is 1.92. The standard InChI is InChI=1S/C9H14N4O/c1-13(2)7-9(14)12-8-3-4-10-5-6-11-8/h3-4,6H,5,7H2,1-2H3,(H,12,14). The third-order valence-electron chi connectivity index (χ3n) is 1.48. The van der Waals surface area contributed by atoms with Crippen molar-refractivity contribution in [3.8, 4) is 0 Å². The van der Waals surface area contributed by atoms with E-state index in [0.717, 1.165) is 0 Å². The highest BCUT2D eigenvalue weighted by atomic mass is 16.2. The van der Waals surface area contributed by atoms with Crippen molar-refractivity contribution in [3.63, 3.8) is 0 Å². The average molecular weight is 194 g/mol. The Labute approximate surface area is 83.2 Å². The third-order valence-corrected chi connectivity index (χ3v) is 1.48. The molecule has 1 N–H and O–H groups in total. The number of aliphatic imine (C=N–C) groups is 2. The molecule has 0 aromatic rings. The SMILES string of the molecule is CN(C)CC(=O)NC1=CC=NCC=N1. The summed E-state index contributed by atoms with van der Waals surface area (Å²) in [6.45, 7) is 0.910. The molecule has 0 aromatic heterocycles. The first-order chi connectivity index (χ1) is 6.68. The summed E-state index contributed by atoms with van der Waals surface area (Å²) in [5.74, 6) is 0.465. The quantitative estimate of drug-likeness (QED) is 0.668. The van der Waals surface area contributed by atoms with Gasteiger partial charge in [0.15, 0.2) is 0 Å². The molecule has 1 amide bonds. The van der Waals surface area contributed by atoms with Gasteiger partial charge in [-0.1, -0.05) is 0 Å². The molecule has 0 atom stereocenters. The van der Waals surface area contributed by atoms with Gasteiger partial charge in [-0.05, 0) is 20.2 Å². The average Bonchev–Trinajstić information content (AvgIpc) is 2.31. The van der Waals surface area contributed by atoms with Crippen LogP contribution in [0, 0.1) is 0 Å². The van der Waals surface area contributed by atoms with Crippen LogP contribution in [0.1, 0.15) is 0 Å². The molecular formula is C9H14N4O. The van der Waals surface area contributed by atoms with Gasteiger partial charge in [-0.2, -0.15) is 0 Å². The molecule has 0 saturated heterocycles. The molecule has 0 unspecified atom stereocenters. The van der Waals surface area contributed by atoms with Gasteiger partial charge in [0.05, 0.1) is 13.1 Å². The van der Waals surface area contributed by atoms with Crippen molar-refractivity contribution in [3.05, 3.63) is 11.9 Å². The highest BCUT2D eigenvalue weighted by molar-refractivity contribution is 5.83. The monoisotopic (exact) mass is 194 g/mol. The van der Waals surface area contributed by atoms with Gasteiger partial charge in [0.2, 0.25) is 5.91 Å².